The molecule has 1 aromatic rings. The van der Waals surface area contributed by atoms with Gasteiger partial charge in [0, 0.05) is 11.3 Å². The molecule has 0 aliphatic carbocycles. The van der Waals surface area contributed by atoms with Crippen molar-refractivity contribution in [1.82, 2.24) is 10.2 Å². The summed E-state index contributed by atoms with van der Waals surface area (Å²) >= 11 is 1.53. The first-order chi connectivity index (χ1) is 11.2. The van der Waals surface area contributed by atoms with Crippen molar-refractivity contribution in [2.45, 2.75) is 18.1 Å². The summed E-state index contributed by atoms with van der Waals surface area (Å²) in [5.74, 6) is -0.0436. The SMILES string of the molecule is O=C(CN1C(=O)N[C@@]2(CCSC2)C1=O)c1cccc(C(F)(F)F)c1. The highest BCUT2D eigenvalue weighted by atomic mass is 32.2. The van der Waals surface area contributed by atoms with E-state index in [0.29, 0.717) is 12.2 Å². The zero-order chi connectivity index (χ0) is 17.5. The van der Waals surface area contributed by atoms with Gasteiger partial charge in [-0.1, -0.05) is 12.1 Å². The molecule has 9 heteroatoms. The summed E-state index contributed by atoms with van der Waals surface area (Å²) in [6, 6.07) is 3.26. The lowest BCUT2D eigenvalue weighted by Crippen LogP contribution is -2.47. The van der Waals surface area contributed by atoms with Crippen LogP contribution in [0.1, 0.15) is 22.3 Å². The van der Waals surface area contributed by atoms with Crippen molar-refractivity contribution in [3.63, 3.8) is 0 Å². The smallest absolute Gasteiger partial charge is 0.322 e. The summed E-state index contributed by atoms with van der Waals surface area (Å²) in [5, 5.41) is 2.61. The van der Waals surface area contributed by atoms with Crippen molar-refractivity contribution >= 4 is 29.5 Å². The van der Waals surface area contributed by atoms with Crippen LogP contribution in [-0.4, -0.2) is 46.2 Å². The number of imide groups is 1. The van der Waals surface area contributed by atoms with Crippen LogP contribution in [0.4, 0.5) is 18.0 Å². The number of benzene rings is 1. The van der Waals surface area contributed by atoms with Crippen molar-refractivity contribution in [1.29, 1.82) is 0 Å². The van der Waals surface area contributed by atoms with E-state index < -0.39 is 41.5 Å². The van der Waals surface area contributed by atoms with Crippen molar-refractivity contribution in [2.24, 2.45) is 0 Å². The number of nitrogens with one attached hydrogen (secondary N) is 1. The van der Waals surface area contributed by atoms with Crippen LogP contribution in [0.2, 0.25) is 0 Å². The van der Waals surface area contributed by atoms with Crippen LogP contribution in [0.5, 0.6) is 0 Å². The van der Waals surface area contributed by atoms with Gasteiger partial charge in [-0.15, -0.1) is 0 Å². The number of rotatable bonds is 3. The molecule has 0 bridgehead atoms. The number of urea groups is 1. The predicted molar refractivity (Wildman–Crippen MR) is 80.7 cm³/mol. The summed E-state index contributed by atoms with van der Waals surface area (Å²) in [7, 11) is 0. The lowest BCUT2D eigenvalue weighted by Gasteiger charge is -2.19. The molecule has 0 saturated carbocycles. The van der Waals surface area contributed by atoms with Crippen molar-refractivity contribution < 1.29 is 27.6 Å². The van der Waals surface area contributed by atoms with Gasteiger partial charge in [0.2, 0.25) is 0 Å². The number of nitrogens with zero attached hydrogens (tertiary/aromatic N) is 1. The first-order valence-corrected chi connectivity index (χ1v) is 8.31. The monoisotopic (exact) mass is 358 g/mol. The normalized spacial score (nSPS) is 23.9. The molecule has 2 saturated heterocycles. The maximum atomic E-state index is 12.7. The summed E-state index contributed by atoms with van der Waals surface area (Å²) in [6.07, 6.45) is -4.08. The fourth-order valence-corrected chi connectivity index (χ4v) is 4.08. The average molecular weight is 358 g/mol. The highest BCUT2D eigenvalue weighted by molar-refractivity contribution is 7.99. The minimum Gasteiger partial charge on any atom is -0.322 e. The fourth-order valence-electron chi connectivity index (χ4n) is 2.76. The number of thioether (sulfide) groups is 1. The first kappa shape index (κ1) is 16.8. The van der Waals surface area contributed by atoms with E-state index in [-0.39, 0.29) is 5.56 Å². The van der Waals surface area contributed by atoms with Crippen LogP contribution in [-0.2, 0) is 11.0 Å². The summed E-state index contributed by atoms with van der Waals surface area (Å²) < 4.78 is 38.2. The number of Topliss-reactive ketones (excluding diaryl/α,β-unsaturated/α-hetero) is 1. The molecule has 128 valence electrons. The minimum atomic E-state index is -4.57. The minimum absolute atomic E-state index is 0.188. The van der Waals surface area contributed by atoms with E-state index in [1.54, 1.807) is 0 Å². The number of carbonyl (C=O) groups is 3. The van der Waals surface area contributed by atoms with Crippen LogP contribution >= 0.6 is 11.8 Å². The largest absolute Gasteiger partial charge is 0.416 e. The second kappa shape index (κ2) is 5.80. The van der Waals surface area contributed by atoms with Gasteiger partial charge >= 0.3 is 12.2 Å². The van der Waals surface area contributed by atoms with Crippen molar-refractivity contribution in [3.05, 3.63) is 35.4 Å². The van der Waals surface area contributed by atoms with Crippen LogP contribution in [0.15, 0.2) is 24.3 Å². The Bertz CT molecular complexity index is 714. The molecule has 1 N–H and O–H groups in total. The van der Waals surface area contributed by atoms with Gasteiger partial charge in [0.15, 0.2) is 5.78 Å². The summed E-state index contributed by atoms with van der Waals surface area (Å²) in [6.45, 7) is -0.571. The van der Waals surface area contributed by atoms with Crippen molar-refractivity contribution in [2.75, 3.05) is 18.1 Å². The van der Waals surface area contributed by atoms with E-state index >= 15 is 0 Å². The number of hydrogen-bond donors (Lipinski definition) is 1. The molecule has 2 heterocycles. The van der Waals surface area contributed by atoms with Gasteiger partial charge < -0.3 is 5.32 Å². The Morgan fingerprint density at radius 2 is 2.08 bits per heavy atom. The molecule has 2 aliphatic rings. The lowest BCUT2D eigenvalue weighted by atomic mass is 9.99. The molecule has 24 heavy (non-hydrogen) atoms. The standard InChI is InChI=1S/C15H13F3N2O3S/c16-15(17,18)10-3-1-2-9(6-10)11(21)7-20-12(22)14(19-13(20)23)4-5-24-8-14/h1-3,6H,4-5,7-8H2,(H,19,23)/t14-/m1/s1. The van der Waals surface area contributed by atoms with E-state index in [1.807, 2.05) is 0 Å². The van der Waals surface area contributed by atoms with Gasteiger partial charge in [0.1, 0.15) is 5.54 Å². The Morgan fingerprint density at radius 1 is 1.33 bits per heavy atom. The number of halogens is 3. The molecule has 0 aromatic heterocycles. The number of carbonyl (C=O) groups excluding carboxylic acids is 3. The molecule has 0 unspecified atom stereocenters. The second-order valence-corrected chi connectivity index (χ2v) is 6.81. The maximum Gasteiger partial charge on any atom is 0.416 e. The zero-order valence-corrected chi connectivity index (χ0v) is 13.2. The molecule has 3 rings (SSSR count). The molecule has 1 atom stereocenters. The third kappa shape index (κ3) is 2.88. The molecular formula is C15H13F3N2O3S. The third-order valence-corrected chi connectivity index (χ3v) is 5.27. The molecule has 1 spiro atoms. The predicted octanol–water partition coefficient (Wildman–Crippen LogP) is 2.32. The zero-order valence-electron chi connectivity index (χ0n) is 12.4. The third-order valence-electron chi connectivity index (χ3n) is 4.08. The number of amides is 3. The molecule has 5 nitrogen and oxygen atoms in total. The number of ketones is 1. The second-order valence-electron chi connectivity index (χ2n) is 5.71. The molecule has 2 fully saturated rings. The molecular weight excluding hydrogens is 345 g/mol. The Hall–Kier alpha value is -2.03. The van der Waals surface area contributed by atoms with E-state index in [1.165, 1.54) is 17.8 Å². The molecule has 0 radical (unpaired) electrons. The van der Waals surface area contributed by atoms with E-state index in [2.05, 4.69) is 5.32 Å². The van der Waals surface area contributed by atoms with E-state index in [4.69, 9.17) is 0 Å². The van der Waals surface area contributed by atoms with E-state index in [9.17, 15) is 27.6 Å². The topological polar surface area (TPSA) is 66.5 Å². The van der Waals surface area contributed by atoms with Gasteiger partial charge in [-0.3, -0.25) is 14.5 Å². The van der Waals surface area contributed by atoms with Gasteiger partial charge in [0.25, 0.3) is 5.91 Å². The van der Waals surface area contributed by atoms with Crippen LogP contribution in [0.3, 0.4) is 0 Å². The summed E-state index contributed by atoms with van der Waals surface area (Å²) in [5.41, 5.74) is -2.11. The van der Waals surface area contributed by atoms with Crippen LogP contribution in [0.25, 0.3) is 0 Å². The average Bonchev–Trinajstić information content (AvgIpc) is 3.08. The first-order valence-electron chi connectivity index (χ1n) is 7.15. The maximum absolute atomic E-state index is 12.7. The molecule has 3 amide bonds. The Balaban J connectivity index is 1.78. The fraction of sp³-hybridized carbons (Fsp3) is 0.400. The number of alkyl halides is 3. The Kier molecular flexibility index (Phi) is 4.06. The van der Waals surface area contributed by atoms with Gasteiger partial charge in [-0.05, 0) is 24.3 Å². The molecule has 2 aliphatic heterocycles. The summed E-state index contributed by atoms with van der Waals surface area (Å²) in [4.78, 5) is 37.4. The quantitative estimate of drug-likeness (QED) is 0.665. The highest BCUT2D eigenvalue weighted by Gasteiger charge is 2.53. The van der Waals surface area contributed by atoms with Gasteiger partial charge in [0.05, 0.1) is 12.1 Å². The lowest BCUT2D eigenvalue weighted by molar-refractivity contribution is -0.137. The van der Waals surface area contributed by atoms with Crippen LogP contribution < -0.4 is 5.32 Å². The molecule has 1 aromatic carbocycles. The van der Waals surface area contributed by atoms with Gasteiger partial charge in [-0.25, -0.2) is 4.79 Å². The highest BCUT2D eigenvalue weighted by Crippen LogP contribution is 2.33. The Morgan fingerprint density at radius 3 is 2.71 bits per heavy atom. The van der Waals surface area contributed by atoms with E-state index in [0.717, 1.165) is 28.9 Å². The van der Waals surface area contributed by atoms with Gasteiger partial charge in [-0.2, -0.15) is 24.9 Å². The Labute approximate surface area is 139 Å². The number of hydrogen-bond acceptors (Lipinski definition) is 4. The van der Waals surface area contributed by atoms with Crippen molar-refractivity contribution in [3.8, 4) is 0 Å². The van der Waals surface area contributed by atoms with Crippen LogP contribution in [0, 0.1) is 0 Å².